The van der Waals surface area contributed by atoms with Crippen LogP contribution in [0.4, 0.5) is 0 Å². The first-order valence-corrected chi connectivity index (χ1v) is 17.1. The zero-order valence-corrected chi connectivity index (χ0v) is 26.3. The van der Waals surface area contributed by atoms with E-state index in [2.05, 4.69) is 52.3 Å². The van der Waals surface area contributed by atoms with Gasteiger partial charge in [-0.3, -0.25) is 9.80 Å². The van der Waals surface area contributed by atoms with Crippen molar-refractivity contribution in [2.75, 3.05) is 39.9 Å². The van der Waals surface area contributed by atoms with E-state index >= 15 is 0 Å². The van der Waals surface area contributed by atoms with Crippen LogP contribution in [0.2, 0.25) is 0 Å². The normalized spacial score (nSPS) is 25.1. The molecule has 6 nitrogen and oxygen atoms in total. The second-order valence-electron chi connectivity index (χ2n) is 13.3. The Bertz CT molecular complexity index is 1210. The molecule has 0 radical (unpaired) electrons. The van der Waals surface area contributed by atoms with E-state index < -0.39 is 6.10 Å². The predicted octanol–water partition coefficient (Wildman–Crippen LogP) is 7.02. The monoisotopic (exact) mass is 588 g/mol. The number of benzene rings is 2. The molecule has 4 aliphatic rings. The van der Waals surface area contributed by atoms with Crippen LogP contribution in [0.25, 0.3) is 0 Å². The number of rotatable bonds is 14. The molecule has 1 aliphatic carbocycles. The summed E-state index contributed by atoms with van der Waals surface area (Å²) in [5.41, 5.74) is 3.91. The number of aliphatic hydroxyl groups is 1. The third-order valence-corrected chi connectivity index (χ3v) is 10.2. The molecule has 0 aromatic heterocycles. The Balaban J connectivity index is 0.863. The van der Waals surface area contributed by atoms with Crippen molar-refractivity contribution in [3.05, 3.63) is 65.2 Å². The lowest BCUT2D eigenvalue weighted by molar-refractivity contribution is 0.0809. The molecule has 3 atom stereocenters. The summed E-state index contributed by atoms with van der Waals surface area (Å²) in [5.74, 6) is 2.72. The van der Waals surface area contributed by atoms with Crippen molar-refractivity contribution < 1.29 is 19.3 Å². The van der Waals surface area contributed by atoms with Gasteiger partial charge in [-0.25, -0.2) is 0 Å². The summed E-state index contributed by atoms with van der Waals surface area (Å²) in [7, 11) is 1.72. The van der Waals surface area contributed by atoms with Gasteiger partial charge in [-0.15, -0.1) is 0 Å². The number of nitrogens with zero attached hydrogens (tertiary/aromatic N) is 2. The zero-order valence-electron chi connectivity index (χ0n) is 26.3. The summed E-state index contributed by atoms with van der Waals surface area (Å²) in [6, 6.07) is 13.1. The van der Waals surface area contributed by atoms with E-state index in [4.69, 9.17) is 14.2 Å². The molecule has 1 fully saturated rings. The molecule has 0 amide bonds. The van der Waals surface area contributed by atoms with E-state index in [1.54, 1.807) is 7.11 Å². The first-order valence-electron chi connectivity index (χ1n) is 17.1. The topological polar surface area (TPSA) is 54.4 Å². The van der Waals surface area contributed by atoms with Gasteiger partial charge in [-0.2, -0.15) is 0 Å². The molecule has 0 unspecified atom stereocenters. The maximum atomic E-state index is 10.3. The van der Waals surface area contributed by atoms with Gasteiger partial charge in [0.1, 0.15) is 11.9 Å². The van der Waals surface area contributed by atoms with Crippen molar-refractivity contribution in [1.29, 1.82) is 0 Å². The van der Waals surface area contributed by atoms with E-state index in [9.17, 15) is 5.11 Å². The van der Waals surface area contributed by atoms with Crippen LogP contribution >= 0.6 is 0 Å². The van der Waals surface area contributed by atoms with Crippen LogP contribution in [0.15, 0.2) is 48.6 Å². The van der Waals surface area contributed by atoms with Crippen LogP contribution < -0.4 is 14.2 Å². The molecule has 0 bridgehead atoms. The van der Waals surface area contributed by atoms with Crippen LogP contribution in [-0.2, 0) is 18.5 Å². The molecular weight excluding hydrogens is 536 g/mol. The molecule has 2 aromatic rings. The molecule has 6 rings (SSSR count). The highest BCUT2D eigenvalue weighted by molar-refractivity contribution is 5.61. The van der Waals surface area contributed by atoms with Gasteiger partial charge >= 0.3 is 0 Å². The van der Waals surface area contributed by atoms with E-state index in [1.807, 2.05) is 6.08 Å². The summed E-state index contributed by atoms with van der Waals surface area (Å²) >= 11 is 0. The predicted molar refractivity (Wildman–Crippen MR) is 172 cm³/mol. The van der Waals surface area contributed by atoms with Gasteiger partial charge in [0.15, 0.2) is 11.5 Å². The second kappa shape index (κ2) is 14.5. The third kappa shape index (κ3) is 7.24. The Labute approximate surface area is 259 Å². The molecular formula is C37H52N2O4. The van der Waals surface area contributed by atoms with Crippen LogP contribution in [0.3, 0.4) is 0 Å². The molecule has 43 heavy (non-hydrogen) atoms. The van der Waals surface area contributed by atoms with Crippen molar-refractivity contribution in [1.82, 2.24) is 9.80 Å². The Hall–Kier alpha value is -2.54. The Kier molecular flexibility index (Phi) is 10.3. The first-order chi connectivity index (χ1) is 21.1. The van der Waals surface area contributed by atoms with Gasteiger partial charge < -0.3 is 19.3 Å². The fourth-order valence-corrected chi connectivity index (χ4v) is 7.76. The number of likely N-dealkylation sites (tertiary alicyclic amines) is 1. The summed E-state index contributed by atoms with van der Waals surface area (Å²) in [6.45, 7) is 7.52. The van der Waals surface area contributed by atoms with Gasteiger partial charge in [-0.05, 0) is 87.6 Å². The Morgan fingerprint density at radius 2 is 1.65 bits per heavy atom. The number of unbranched alkanes of at least 4 members (excludes halogenated alkanes) is 6. The van der Waals surface area contributed by atoms with Crippen molar-refractivity contribution in [2.45, 2.75) is 108 Å². The van der Waals surface area contributed by atoms with Crippen LogP contribution in [0.5, 0.6) is 17.2 Å². The number of aliphatic hydroxyl groups excluding tert-OH is 1. The van der Waals surface area contributed by atoms with Gasteiger partial charge in [0.2, 0.25) is 0 Å². The molecule has 3 heterocycles. The standard InChI is InChI=1S/C37H52N2O4/c1-41-33-17-14-30-28-39(24-20-37-19-18-31(40)26-34(37)43-36(33)35(30)37)23-8-5-3-2-4-6-11-25-42-32-15-12-29(13-16-32)27-38-21-9-7-10-22-38/h12-19,31,34,40H,2-11,20-28H2,1H3/t31-,34-,37-/m0/s1. The third-order valence-electron chi connectivity index (χ3n) is 10.2. The van der Waals surface area contributed by atoms with Gasteiger partial charge in [0.05, 0.1) is 25.2 Å². The summed E-state index contributed by atoms with van der Waals surface area (Å²) in [4.78, 5) is 5.20. The lowest BCUT2D eigenvalue weighted by Gasteiger charge is -2.35. The molecule has 234 valence electrons. The van der Waals surface area contributed by atoms with Crippen LogP contribution in [0.1, 0.15) is 93.7 Å². The fraction of sp³-hybridized carbons (Fsp3) is 0.622. The molecule has 1 N–H and O–H groups in total. The van der Waals surface area contributed by atoms with E-state index in [1.165, 1.54) is 87.6 Å². The highest BCUT2D eigenvalue weighted by Gasteiger charge is 2.52. The van der Waals surface area contributed by atoms with E-state index in [0.717, 1.165) is 62.9 Å². The van der Waals surface area contributed by atoms with Gasteiger partial charge in [-0.1, -0.05) is 68.9 Å². The zero-order chi connectivity index (χ0) is 29.5. The highest BCUT2D eigenvalue weighted by Crippen LogP contribution is 2.55. The maximum absolute atomic E-state index is 10.3. The second-order valence-corrected chi connectivity index (χ2v) is 13.3. The van der Waals surface area contributed by atoms with E-state index in [0.29, 0.717) is 6.42 Å². The Morgan fingerprint density at radius 3 is 2.44 bits per heavy atom. The minimum Gasteiger partial charge on any atom is -0.494 e. The molecule has 0 saturated carbocycles. The fourth-order valence-electron chi connectivity index (χ4n) is 7.76. The number of hydrogen-bond acceptors (Lipinski definition) is 6. The molecule has 6 heteroatoms. The average molecular weight is 589 g/mol. The summed E-state index contributed by atoms with van der Waals surface area (Å²) in [5, 5.41) is 10.3. The number of methoxy groups -OCH3 is 1. The highest BCUT2D eigenvalue weighted by atomic mass is 16.5. The number of piperidine rings is 1. The van der Waals surface area contributed by atoms with Gasteiger partial charge in [0.25, 0.3) is 0 Å². The minimum atomic E-state index is -0.433. The molecule has 2 aromatic carbocycles. The minimum absolute atomic E-state index is 0.0160. The van der Waals surface area contributed by atoms with Crippen molar-refractivity contribution in [2.24, 2.45) is 0 Å². The molecule has 1 spiro atoms. The lowest BCUT2D eigenvalue weighted by atomic mass is 9.69. The van der Waals surface area contributed by atoms with Crippen molar-refractivity contribution in [3.63, 3.8) is 0 Å². The van der Waals surface area contributed by atoms with Gasteiger partial charge in [0, 0.05) is 25.1 Å². The summed E-state index contributed by atoms with van der Waals surface area (Å²) < 4.78 is 18.1. The molecule has 1 saturated heterocycles. The summed E-state index contributed by atoms with van der Waals surface area (Å²) in [6.07, 6.45) is 18.3. The quantitative estimate of drug-likeness (QED) is 0.189. The SMILES string of the molecule is COc1ccc2c3c1O[C@H]1C[C@@H](O)C=C[C@@]31CCN(CCCCCCCCCOc1ccc(CN3CCCCC3)cc1)C2. The largest absolute Gasteiger partial charge is 0.494 e. The van der Waals surface area contributed by atoms with Crippen molar-refractivity contribution in [3.8, 4) is 17.2 Å². The number of hydrogen-bond donors (Lipinski definition) is 1. The Morgan fingerprint density at radius 1 is 0.884 bits per heavy atom. The number of ether oxygens (including phenoxy) is 3. The van der Waals surface area contributed by atoms with E-state index in [-0.39, 0.29) is 11.5 Å². The van der Waals surface area contributed by atoms with Crippen LogP contribution in [-0.4, -0.2) is 67.0 Å². The smallest absolute Gasteiger partial charge is 0.166 e. The maximum Gasteiger partial charge on any atom is 0.166 e. The van der Waals surface area contributed by atoms with Crippen LogP contribution in [0, 0.1) is 0 Å². The molecule has 3 aliphatic heterocycles. The first kappa shape index (κ1) is 30.5. The average Bonchev–Trinajstić information content (AvgIpc) is 3.27. The van der Waals surface area contributed by atoms with Crippen molar-refractivity contribution >= 4 is 0 Å². The lowest BCUT2D eigenvalue weighted by Crippen LogP contribution is -2.43.